The van der Waals surface area contributed by atoms with Crippen molar-refractivity contribution in [3.63, 3.8) is 0 Å². The van der Waals surface area contributed by atoms with Gasteiger partial charge in [0.05, 0.1) is 0 Å². The molecule has 0 fully saturated rings. The second kappa shape index (κ2) is 3.37. The molecule has 0 bridgehead atoms. The van der Waals surface area contributed by atoms with Crippen molar-refractivity contribution in [3.8, 4) is 0 Å². The van der Waals surface area contributed by atoms with Crippen LogP contribution in [-0.2, 0) is 0 Å². The molecule has 0 saturated carbocycles. The van der Waals surface area contributed by atoms with Crippen molar-refractivity contribution < 1.29 is 0 Å². The average molecular weight is 148 g/mol. The largest absolute Gasteiger partial charge is 0.0956 e. The van der Waals surface area contributed by atoms with Gasteiger partial charge in [-0.25, -0.2) is 0 Å². The molecule has 0 aliphatic rings. The zero-order valence-corrected chi connectivity index (χ0v) is 8.30. The van der Waals surface area contributed by atoms with Crippen molar-refractivity contribution in [3.05, 3.63) is 42.5 Å². The molecule has 1 aromatic rings. The molecule has 0 amide bonds. The number of allylic oxidation sites excluding steroid dienone is 1. The summed E-state index contributed by atoms with van der Waals surface area (Å²) in [5.74, 6) is 0. The molecule has 0 aromatic heterocycles. The normalized spacial score (nSPS) is 9.60. The Labute approximate surface area is 65.0 Å². The molecule has 1 rings (SSSR count). The molecule has 0 N–H and O–H groups in total. The van der Waals surface area contributed by atoms with Crippen molar-refractivity contribution in [1.82, 2.24) is 0 Å². The lowest BCUT2D eigenvalue weighted by molar-refractivity contribution is 1.58. The third-order valence-corrected chi connectivity index (χ3v) is 2.46. The summed E-state index contributed by atoms with van der Waals surface area (Å²) in [5, 5.41) is 0. The van der Waals surface area contributed by atoms with E-state index in [2.05, 4.69) is 30.8 Å². The first kappa shape index (κ1) is 7.29. The van der Waals surface area contributed by atoms with Crippen LogP contribution < -0.4 is 0 Å². The molecule has 10 heavy (non-hydrogen) atoms. The van der Waals surface area contributed by atoms with E-state index in [9.17, 15) is 0 Å². The molecule has 0 radical (unpaired) electrons. The van der Waals surface area contributed by atoms with Crippen molar-refractivity contribution in [2.24, 2.45) is 0 Å². The van der Waals surface area contributed by atoms with Gasteiger partial charge in [-0.05, 0) is 11.6 Å². The SMILES string of the molecule is C=C(C[SiH3])c1ccccc1. The molecular weight excluding hydrogens is 136 g/mol. The maximum absolute atomic E-state index is 3.98. The first-order valence-electron chi connectivity index (χ1n) is 3.57. The molecule has 0 heterocycles. The minimum Gasteiger partial charge on any atom is -0.0956 e. The number of hydrogen-bond acceptors (Lipinski definition) is 0. The molecular formula is C9H12Si. The number of hydrogen-bond donors (Lipinski definition) is 0. The van der Waals surface area contributed by atoms with Crippen LogP contribution in [0.5, 0.6) is 0 Å². The molecule has 0 unspecified atom stereocenters. The van der Waals surface area contributed by atoms with Gasteiger partial charge in [-0.1, -0.05) is 42.5 Å². The van der Waals surface area contributed by atoms with E-state index in [4.69, 9.17) is 0 Å². The highest BCUT2D eigenvalue weighted by atomic mass is 28.1. The number of benzene rings is 1. The van der Waals surface area contributed by atoms with Crippen molar-refractivity contribution in [2.45, 2.75) is 6.04 Å². The Morgan fingerprint density at radius 3 is 2.40 bits per heavy atom. The Morgan fingerprint density at radius 1 is 1.30 bits per heavy atom. The van der Waals surface area contributed by atoms with E-state index in [1.807, 2.05) is 6.07 Å². The Balaban J connectivity index is 2.85. The fourth-order valence-electron chi connectivity index (χ4n) is 0.878. The summed E-state index contributed by atoms with van der Waals surface area (Å²) in [6.07, 6.45) is 0. The topological polar surface area (TPSA) is 0 Å². The summed E-state index contributed by atoms with van der Waals surface area (Å²) in [6.45, 7) is 3.98. The van der Waals surface area contributed by atoms with Gasteiger partial charge in [-0.15, -0.1) is 0 Å². The van der Waals surface area contributed by atoms with E-state index in [1.165, 1.54) is 27.4 Å². The molecule has 0 spiro atoms. The summed E-state index contributed by atoms with van der Waals surface area (Å²) in [4.78, 5) is 0. The van der Waals surface area contributed by atoms with Gasteiger partial charge in [0, 0.05) is 10.2 Å². The second-order valence-electron chi connectivity index (χ2n) is 2.32. The van der Waals surface area contributed by atoms with E-state index in [-0.39, 0.29) is 0 Å². The van der Waals surface area contributed by atoms with Gasteiger partial charge in [0.1, 0.15) is 0 Å². The molecule has 0 aliphatic carbocycles. The minimum atomic E-state index is 1.17. The minimum absolute atomic E-state index is 1.17. The van der Waals surface area contributed by atoms with Crippen LogP contribution in [0.15, 0.2) is 36.9 Å². The standard InChI is InChI=1S/C9H12Si/c1-8(7-10)9-5-3-2-4-6-9/h2-6H,1,7H2,10H3. The summed E-state index contributed by atoms with van der Waals surface area (Å²) in [6, 6.07) is 11.5. The van der Waals surface area contributed by atoms with E-state index in [0.717, 1.165) is 0 Å². The zero-order chi connectivity index (χ0) is 7.40. The van der Waals surface area contributed by atoms with Crippen molar-refractivity contribution >= 4 is 15.8 Å². The summed E-state index contributed by atoms with van der Waals surface area (Å²) >= 11 is 0. The van der Waals surface area contributed by atoms with Crippen LogP contribution in [0.25, 0.3) is 5.57 Å². The van der Waals surface area contributed by atoms with Gasteiger partial charge < -0.3 is 0 Å². The van der Waals surface area contributed by atoms with Gasteiger partial charge in [-0.2, -0.15) is 0 Å². The Kier molecular flexibility index (Phi) is 2.46. The summed E-state index contributed by atoms with van der Waals surface area (Å²) in [5.41, 5.74) is 2.56. The van der Waals surface area contributed by atoms with Gasteiger partial charge >= 0.3 is 0 Å². The molecule has 0 aliphatic heterocycles. The smallest absolute Gasteiger partial charge is 0.00833 e. The summed E-state index contributed by atoms with van der Waals surface area (Å²) < 4.78 is 0. The third kappa shape index (κ3) is 1.58. The van der Waals surface area contributed by atoms with Crippen LogP contribution in [0.3, 0.4) is 0 Å². The van der Waals surface area contributed by atoms with Crippen LogP contribution in [0.2, 0.25) is 6.04 Å². The van der Waals surface area contributed by atoms with E-state index < -0.39 is 0 Å². The predicted octanol–water partition coefficient (Wildman–Crippen LogP) is 1.48. The lowest BCUT2D eigenvalue weighted by atomic mass is 10.1. The molecule has 1 heteroatoms. The lowest BCUT2D eigenvalue weighted by Crippen LogP contribution is -1.79. The van der Waals surface area contributed by atoms with Crippen LogP contribution >= 0.6 is 0 Å². The second-order valence-corrected chi connectivity index (χ2v) is 3.03. The van der Waals surface area contributed by atoms with E-state index in [1.54, 1.807) is 0 Å². The van der Waals surface area contributed by atoms with Gasteiger partial charge in [0.15, 0.2) is 0 Å². The molecule has 0 atom stereocenters. The van der Waals surface area contributed by atoms with Crippen LogP contribution in [-0.4, -0.2) is 10.2 Å². The van der Waals surface area contributed by atoms with Crippen molar-refractivity contribution in [2.75, 3.05) is 0 Å². The predicted molar refractivity (Wildman–Crippen MR) is 50.2 cm³/mol. The van der Waals surface area contributed by atoms with Gasteiger partial charge in [0.25, 0.3) is 0 Å². The van der Waals surface area contributed by atoms with Crippen molar-refractivity contribution in [1.29, 1.82) is 0 Å². The maximum atomic E-state index is 3.98. The Morgan fingerprint density at radius 2 is 1.90 bits per heavy atom. The highest BCUT2D eigenvalue weighted by molar-refractivity contribution is 6.14. The first-order chi connectivity index (χ1) is 4.84. The van der Waals surface area contributed by atoms with Crippen LogP contribution in [0.1, 0.15) is 5.56 Å². The van der Waals surface area contributed by atoms with Crippen LogP contribution in [0, 0.1) is 0 Å². The number of rotatable bonds is 2. The van der Waals surface area contributed by atoms with Gasteiger partial charge in [0.2, 0.25) is 0 Å². The average Bonchev–Trinajstić information content (AvgIpc) is 2.05. The van der Waals surface area contributed by atoms with Gasteiger partial charge in [-0.3, -0.25) is 0 Å². The Bertz CT molecular complexity index is 213. The van der Waals surface area contributed by atoms with Crippen LogP contribution in [0.4, 0.5) is 0 Å². The fourth-order valence-corrected chi connectivity index (χ4v) is 1.29. The zero-order valence-electron chi connectivity index (χ0n) is 6.30. The monoisotopic (exact) mass is 148 g/mol. The fraction of sp³-hybridized carbons (Fsp3) is 0.111. The molecule has 0 saturated heterocycles. The van der Waals surface area contributed by atoms with E-state index >= 15 is 0 Å². The van der Waals surface area contributed by atoms with E-state index in [0.29, 0.717) is 0 Å². The molecule has 52 valence electrons. The third-order valence-electron chi connectivity index (χ3n) is 1.61. The first-order valence-corrected chi connectivity index (χ1v) is 4.99. The summed E-state index contributed by atoms with van der Waals surface area (Å²) in [7, 11) is 1.21. The highest BCUT2D eigenvalue weighted by Gasteiger charge is 1.91. The highest BCUT2D eigenvalue weighted by Crippen LogP contribution is 2.13. The lowest BCUT2D eigenvalue weighted by Gasteiger charge is -1.99. The molecule has 0 nitrogen and oxygen atoms in total. The maximum Gasteiger partial charge on any atom is 0.00833 e. The quantitative estimate of drug-likeness (QED) is 0.557. The Hall–Kier alpha value is -0.823. The molecule has 1 aromatic carbocycles.